The predicted octanol–water partition coefficient (Wildman–Crippen LogP) is 3.60. The molecule has 2 aromatic rings. The smallest absolute Gasteiger partial charge is 0.259 e. The normalized spacial score (nSPS) is 10.1. The van der Waals surface area contributed by atoms with Gasteiger partial charge in [-0.25, -0.2) is 0 Å². The van der Waals surface area contributed by atoms with Crippen LogP contribution in [0.5, 0.6) is 0 Å². The molecule has 0 spiro atoms. The molecule has 1 heterocycles. The molecule has 1 N–H and O–H groups in total. The average molecular weight is 280 g/mol. The number of furan rings is 1. The highest BCUT2D eigenvalue weighted by molar-refractivity contribution is 9.10. The van der Waals surface area contributed by atoms with Crippen LogP contribution in [0, 0.1) is 6.92 Å². The molecule has 3 nitrogen and oxygen atoms in total. The molecule has 0 unspecified atom stereocenters. The Morgan fingerprint density at radius 3 is 2.50 bits per heavy atom. The van der Waals surface area contributed by atoms with Gasteiger partial charge in [0.2, 0.25) is 0 Å². The Hall–Kier alpha value is -1.55. The first-order valence-corrected chi connectivity index (χ1v) is 5.57. The van der Waals surface area contributed by atoms with Gasteiger partial charge in [0.15, 0.2) is 0 Å². The third-order valence-corrected chi connectivity index (χ3v) is 2.73. The van der Waals surface area contributed by atoms with E-state index in [1.807, 2.05) is 24.3 Å². The minimum atomic E-state index is -0.159. The Labute approximate surface area is 102 Å². The summed E-state index contributed by atoms with van der Waals surface area (Å²) in [5, 5.41) is 2.79. The van der Waals surface area contributed by atoms with Gasteiger partial charge in [0, 0.05) is 10.2 Å². The van der Waals surface area contributed by atoms with Crippen LogP contribution in [0.15, 0.2) is 45.5 Å². The fraction of sp³-hybridized carbons (Fsp3) is 0.0833. The zero-order valence-corrected chi connectivity index (χ0v) is 10.2. The molecule has 0 aliphatic rings. The minimum Gasteiger partial charge on any atom is -0.469 e. The molecule has 2 rings (SSSR count). The molecule has 1 aromatic carbocycles. The van der Waals surface area contributed by atoms with E-state index in [1.165, 1.54) is 6.26 Å². The lowest BCUT2D eigenvalue weighted by Crippen LogP contribution is -2.11. The van der Waals surface area contributed by atoms with Crippen molar-refractivity contribution in [3.05, 3.63) is 52.4 Å². The number of carbonyl (C=O) groups is 1. The van der Waals surface area contributed by atoms with Crippen molar-refractivity contribution in [2.45, 2.75) is 6.92 Å². The minimum absolute atomic E-state index is 0.159. The molecule has 0 fully saturated rings. The topological polar surface area (TPSA) is 42.2 Å². The summed E-state index contributed by atoms with van der Waals surface area (Å²) in [6.45, 7) is 1.76. The van der Waals surface area contributed by atoms with E-state index in [0.717, 1.165) is 10.2 Å². The van der Waals surface area contributed by atoms with Crippen LogP contribution in [0.25, 0.3) is 0 Å². The molecule has 0 saturated carbocycles. The number of aryl methyl sites for hydroxylation is 1. The second-order valence-electron chi connectivity index (χ2n) is 3.35. The van der Waals surface area contributed by atoms with Crippen LogP contribution in [-0.2, 0) is 0 Å². The van der Waals surface area contributed by atoms with Crippen molar-refractivity contribution in [2.24, 2.45) is 0 Å². The van der Waals surface area contributed by atoms with Crippen molar-refractivity contribution in [2.75, 3.05) is 5.32 Å². The summed E-state index contributed by atoms with van der Waals surface area (Å²) in [5.41, 5.74) is 1.32. The van der Waals surface area contributed by atoms with Crippen molar-refractivity contribution in [1.82, 2.24) is 0 Å². The molecule has 0 aliphatic heterocycles. The van der Waals surface area contributed by atoms with Gasteiger partial charge >= 0.3 is 0 Å². The number of amides is 1. The van der Waals surface area contributed by atoms with E-state index in [4.69, 9.17) is 4.42 Å². The summed E-state index contributed by atoms with van der Waals surface area (Å²) < 4.78 is 6.05. The molecule has 0 bridgehead atoms. The van der Waals surface area contributed by atoms with E-state index < -0.39 is 0 Å². The van der Waals surface area contributed by atoms with Gasteiger partial charge in [0.25, 0.3) is 5.91 Å². The van der Waals surface area contributed by atoms with E-state index in [-0.39, 0.29) is 5.91 Å². The van der Waals surface area contributed by atoms with E-state index in [2.05, 4.69) is 21.2 Å². The highest BCUT2D eigenvalue weighted by Crippen LogP contribution is 2.16. The van der Waals surface area contributed by atoms with Crippen molar-refractivity contribution in [3.63, 3.8) is 0 Å². The molecule has 82 valence electrons. The van der Waals surface area contributed by atoms with Gasteiger partial charge in [-0.15, -0.1) is 0 Å². The van der Waals surface area contributed by atoms with E-state index in [0.29, 0.717) is 11.3 Å². The summed E-state index contributed by atoms with van der Waals surface area (Å²) >= 11 is 3.33. The number of rotatable bonds is 2. The number of anilines is 1. The number of benzene rings is 1. The molecule has 0 saturated heterocycles. The SMILES string of the molecule is Cc1occc1C(=O)Nc1ccc(Br)cc1. The zero-order valence-electron chi connectivity index (χ0n) is 8.66. The Morgan fingerprint density at radius 2 is 1.94 bits per heavy atom. The Kier molecular flexibility index (Phi) is 3.10. The molecule has 1 amide bonds. The summed E-state index contributed by atoms with van der Waals surface area (Å²) in [7, 11) is 0. The van der Waals surface area contributed by atoms with Crippen molar-refractivity contribution < 1.29 is 9.21 Å². The number of halogens is 1. The number of carbonyl (C=O) groups excluding carboxylic acids is 1. The van der Waals surface area contributed by atoms with Crippen molar-refractivity contribution in [3.8, 4) is 0 Å². The number of nitrogens with one attached hydrogen (secondary N) is 1. The fourth-order valence-corrected chi connectivity index (χ4v) is 1.62. The summed E-state index contributed by atoms with van der Waals surface area (Å²) in [6, 6.07) is 9.06. The van der Waals surface area contributed by atoms with Crippen LogP contribution in [-0.4, -0.2) is 5.91 Å². The Morgan fingerprint density at radius 1 is 1.25 bits per heavy atom. The molecule has 0 aliphatic carbocycles. The molecular weight excluding hydrogens is 270 g/mol. The fourth-order valence-electron chi connectivity index (χ4n) is 1.35. The number of hydrogen-bond donors (Lipinski definition) is 1. The lowest BCUT2D eigenvalue weighted by Gasteiger charge is -2.03. The number of hydrogen-bond acceptors (Lipinski definition) is 2. The first-order chi connectivity index (χ1) is 7.66. The van der Waals surface area contributed by atoms with Crippen LogP contribution in [0.4, 0.5) is 5.69 Å². The monoisotopic (exact) mass is 279 g/mol. The maximum atomic E-state index is 11.8. The van der Waals surface area contributed by atoms with Crippen LogP contribution < -0.4 is 5.32 Å². The quantitative estimate of drug-likeness (QED) is 0.913. The summed E-state index contributed by atoms with van der Waals surface area (Å²) in [5.74, 6) is 0.461. The van der Waals surface area contributed by atoms with Gasteiger partial charge in [-0.05, 0) is 37.3 Å². The maximum Gasteiger partial charge on any atom is 0.259 e. The third-order valence-electron chi connectivity index (χ3n) is 2.21. The standard InChI is InChI=1S/C12H10BrNO2/c1-8-11(6-7-16-8)12(15)14-10-4-2-9(13)3-5-10/h2-7H,1H3,(H,14,15). The van der Waals surface area contributed by atoms with E-state index in [1.54, 1.807) is 13.0 Å². The Balaban J connectivity index is 2.14. The average Bonchev–Trinajstić information content (AvgIpc) is 2.68. The van der Waals surface area contributed by atoms with Gasteiger partial charge in [-0.1, -0.05) is 15.9 Å². The Bertz CT molecular complexity index is 502. The summed E-state index contributed by atoms with van der Waals surface area (Å²) in [4.78, 5) is 11.8. The van der Waals surface area contributed by atoms with E-state index >= 15 is 0 Å². The summed E-state index contributed by atoms with van der Waals surface area (Å²) in [6.07, 6.45) is 1.51. The van der Waals surface area contributed by atoms with Crippen LogP contribution in [0.1, 0.15) is 16.1 Å². The molecule has 4 heteroatoms. The van der Waals surface area contributed by atoms with Gasteiger partial charge in [-0.3, -0.25) is 4.79 Å². The highest BCUT2D eigenvalue weighted by atomic mass is 79.9. The van der Waals surface area contributed by atoms with Crippen LogP contribution in [0.2, 0.25) is 0 Å². The molecule has 0 atom stereocenters. The van der Waals surface area contributed by atoms with Crippen molar-refractivity contribution >= 4 is 27.5 Å². The van der Waals surface area contributed by atoms with Crippen LogP contribution in [0.3, 0.4) is 0 Å². The maximum absolute atomic E-state index is 11.8. The van der Waals surface area contributed by atoms with Gasteiger partial charge in [0.1, 0.15) is 5.76 Å². The highest BCUT2D eigenvalue weighted by Gasteiger charge is 2.10. The lowest BCUT2D eigenvalue weighted by atomic mass is 10.2. The van der Waals surface area contributed by atoms with Gasteiger partial charge in [-0.2, -0.15) is 0 Å². The van der Waals surface area contributed by atoms with Crippen LogP contribution >= 0.6 is 15.9 Å². The molecule has 16 heavy (non-hydrogen) atoms. The molecule has 0 radical (unpaired) electrons. The van der Waals surface area contributed by atoms with E-state index in [9.17, 15) is 4.79 Å². The van der Waals surface area contributed by atoms with Gasteiger partial charge < -0.3 is 9.73 Å². The van der Waals surface area contributed by atoms with Crippen molar-refractivity contribution in [1.29, 1.82) is 0 Å². The second-order valence-corrected chi connectivity index (χ2v) is 4.27. The second kappa shape index (κ2) is 4.53. The first kappa shape index (κ1) is 11.0. The van der Waals surface area contributed by atoms with Gasteiger partial charge in [0.05, 0.1) is 11.8 Å². The predicted molar refractivity (Wildman–Crippen MR) is 65.5 cm³/mol. The lowest BCUT2D eigenvalue weighted by molar-refractivity contribution is 0.102. The largest absolute Gasteiger partial charge is 0.469 e. The third kappa shape index (κ3) is 2.33. The molecular formula is C12H10BrNO2. The zero-order chi connectivity index (χ0) is 11.5. The first-order valence-electron chi connectivity index (χ1n) is 4.78. The molecule has 1 aromatic heterocycles.